The van der Waals surface area contributed by atoms with Gasteiger partial charge in [-0.1, -0.05) is 6.07 Å². The van der Waals surface area contributed by atoms with Gasteiger partial charge in [-0.15, -0.1) is 0 Å². The molecular formula is C12H13IN2O3. The Labute approximate surface area is 118 Å². The molecule has 0 aromatic heterocycles. The van der Waals surface area contributed by atoms with Gasteiger partial charge >= 0.3 is 0 Å². The van der Waals surface area contributed by atoms with Gasteiger partial charge in [0.05, 0.1) is 13.2 Å². The van der Waals surface area contributed by atoms with Gasteiger partial charge in [-0.05, 0) is 40.8 Å². The Hall–Kier alpha value is -1.15. The molecule has 18 heavy (non-hydrogen) atoms. The van der Waals surface area contributed by atoms with Crippen LogP contribution in [0.4, 0.5) is 0 Å². The van der Waals surface area contributed by atoms with Crippen molar-refractivity contribution in [1.82, 2.24) is 4.90 Å². The maximum absolute atomic E-state index is 12.3. The largest absolute Gasteiger partial charge is 0.377 e. The lowest BCUT2D eigenvalue weighted by Crippen LogP contribution is -2.54. The molecule has 0 bridgehead atoms. The predicted molar refractivity (Wildman–Crippen MR) is 74.0 cm³/mol. The summed E-state index contributed by atoms with van der Waals surface area (Å²) in [5.41, 5.74) is 5.85. The Morgan fingerprint density at radius 1 is 1.44 bits per heavy atom. The van der Waals surface area contributed by atoms with Gasteiger partial charge in [0.15, 0.2) is 0 Å². The van der Waals surface area contributed by atoms with Crippen molar-refractivity contribution in [2.45, 2.75) is 6.04 Å². The van der Waals surface area contributed by atoms with E-state index in [2.05, 4.69) is 22.6 Å². The number of carbonyl (C=O) groups is 2. The molecule has 0 spiro atoms. The van der Waals surface area contributed by atoms with E-state index in [1.807, 2.05) is 12.1 Å². The molecule has 1 aliphatic rings. The summed E-state index contributed by atoms with van der Waals surface area (Å²) in [6.07, 6.45) is 0. The number of morpholine rings is 1. The lowest BCUT2D eigenvalue weighted by molar-refractivity contribution is -0.127. The maximum atomic E-state index is 12.3. The molecule has 1 aromatic carbocycles. The summed E-state index contributed by atoms with van der Waals surface area (Å²) in [6, 6.07) is 6.56. The molecule has 0 saturated carbocycles. The molecule has 1 heterocycles. The van der Waals surface area contributed by atoms with Crippen LogP contribution in [0.3, 0.4) is 0 Å². The third kappa shape index (κ3) is 2.81. The van der Waals surface area contributed by atoms with Crippen LogP contribution < -0.4 is 5.73 Å². The van der Waals surface area contributed by atoms with Crippen molar-refractivity contribution < 1.29 is 14.3 Å². The van der Waals surface area contributed by atoms with Crippen molar-refractivity contribution in [3.8, 4) is 0 Å². The summed E-state index contributed by atoms with van der Waals surface area (Å²) in [5.74, 6) is -0.714. The third-order valence-corrected chi connectivity index (χ3v) is 3.46. The number of halogens is 1. The predicted octanol–water partition coefficient (Wildman–Crippen LogP) is 0.618. The standard InChI is InChI=1S/C12H13IN2O3/c13-9-3-1-2-8(6-9)12(17)15-4-5-18-7-10(15)11(14)16/h1-3,6,10H,4-5,7H2,(H2,14,16). The first-order valence-corrected chi connectivity index (χ1v) is 6.61. The number of hydrogen-bond donors (Lipinski definition) is 1. The van der Waals surface area contributed by atoms with Crippen molar-refractivity contribution in [3.63, 3.8) is 0 Å². The molecule has 6 heteroatoms. The molecule has 1 saturated heterocycles. The van der Waals surface area contributed by atoms with Crippen LogP contribution in [-0.2, 0) is 9.53 Å². The van der Waals surface area contributed by atoms with Crippen molar-refractivity contribution in [1.29, 1.82) is 0 Å². The van der Waals surface area contributed by atoms with Gasteiger partial charge in [0.25, 0.3) is 5.91 Å². The second kappa shape index (κ2) is 5.66. The molecule has 2 amide bonds. The monoisotopic (exact) mass is 360 g/mol. The Bertz CT molecular complexity index is 478. The van der Waals surface area contributed by atoms with E-state index >= 15 is 0 Å². The van der Waals surface area contributed by atoms with Crippen LogP contribution in [0.15, 0.2) is 24.3 Å². The van der Waals surface area contributed by atoms with E-state index in [1.54, 1.807) is 12.1 Å². The highest BCUT2D eigenvalue weighted by Crippen LogP contribution is 2.14. The summed E-state index contributed by atoms with van der Waals surface area (Å²) in [5, 5.41) is 0. The van der Waals surface area contributed by atoms with E-state index in [9.17, 15) is 9.59 Å². The second-order valence-electron chi connectivity index (χ2n) is 4.00. The number of nitrogens with two attached hydrogens (primary N) is 1. The van der Waals surface area contributed by atoms with E-state index in [4.69, 9.17) is 10.5 Å². The zero-order chi connectivity index (χ0) is 13.1. The lowest BCUT2D eigenvalue weighted by atomic mass is 10.1. The molecule has 5 nitrogen and oxygen atoms in total. The molecule has 1 aromatic rings. The molecule has 1 unspecified atom stereocenters. The normalized spacial score (nSPS) is 19.6. The van der Waals surface area contributed by atoms with E-state index in [0.717, 1.165) is 3.57 Å². The molecule has 1 aliphatic heterocycles. The zero-order valence-electron chi connectivity index (χ0n) is 9.64. The third-order valence-electron chi connectivity index (χ3n) is 2.79. The fourth-order valence-corrected chi connectivity index (χ4v) is 2.41. The van der Waals surface area contributed by atoms with Gasteiger partial charge in [-0.3, -0.25) is 9.59 Å². The van der Waals surface area contributed by atoms with E-state index in [0.29, 0.717) is 18.7 Å². The van der Waals surface area contributed by atoms with Gasteiger partial charge in [-0.25, -0.2) is 0 Å². The molecule has 0 radical (unpaired) electrons. The molecule has 0 aliphatic carbocycles. The highest BCUT2D eigenvalue weighted by Gasteiger charge is 2.31. The van der Waals surface area contributed by atoms with Gasteiger partial charge < -0.3 is 15.4 Å². The first kappa shape index (κ1) is 13.3. The van der Waals surface area contributed by atoms with Crippen LogP contribution in [0.25, 0.3) is 0 Å². The summed E-state index contributed by atoms with van der Waals surface area (Å²) in [4.78, 5) is 25.1. The SMILES string of the molecule is NC(=O)C1COCCN1C(=O)c1cccc(I)c1. The number of hydrogen-bond acceptors (Lipinski definition) is 3. The minimum absolute atomic E-state index is 0.172. The van der Waals surface area contributed by atoms with Crippen LogP contribution in [0.5, 0.6) is 0 Å². The number of primary amides is 1. The molecule has 2 N–H and O–H groups in total. The summed E-state index contributed by atoms with van der Waals surface area (Å²) in [7, 11) is 0. The zero-order valence-corrected chi connectivity index (χ0v) is 11.8. The average Bonchev–Trinajstić information content (AvgIpc) is 2.38. The Balaban J connectivity index is 2.23. The number of nitrogens with zero attached hydrogens (tertiary/aromatic N) is 1. The lowest BCUT2D eigenvalue weighted by Gasteiger charge is -2.33. The second-order valence-corrected chi connectivity index (χ2v) is 5.25. The van der Waals surface area contributed by atoms with Crippen LogP contribution in [-0.4, -0.2) is 42.5 Å². The number of amides is 2. The van der Waals surface area contributed by atoms with Gasteiger partial charge in [0.1, 0.15) is 6.04 Å². The molecule has 1 atom stereocenters. The fraction of sp³-hybridized carbons (Fsp3) is 0.333. The van der Waals surface area contributed by atoms with Crippen LogP contribution in [0.1, 0.15) is 10.4 Å². The smallest absolute Gasteiger partial charge is 0.254 e. The molecule has 1 fully saturated rings. The van der Waals surface area contributed by atoms with Crippen molar-refractivity contribution in [3.05, 3.63) is 33.4 Å². The van der Waals surface area contributed by atoms with Crippen molar-refractivity contribution in [2.75, 3.05) is 19.8 Å². The number of rotatable bonds is 2. The van der Waals surface area contributed by atoms with Crippen molar-refractivity contribution in [2.24, 2.45) is 5.73 Å². The minimum atomic E-state index is -0.677. The van der Waals surface area contributed by atoms with E-state index in [-0.39, 0.29) is 12.5 Å². The van der Waals surface area contributed by atoms with Crippen LogP contribution in [0.2, 0.25) is 0 Å². The fourth-order valence-electron chi connectivity index (χ4n) is 1.87. The quantitative estimate of drug-likeness (QED) is 0.786. The van der Waals surface area contributed by atoms with Gasteiger partial charge in [-0.2, -0.15) is 0 Å². The number of benzene rings is 1. The van der Waals surface area contributed by atoms with E-state index < -0.39 is 11.9 Å². The first-order valence-electron chi connectivity index (χ1n) is 5.53. The average molecular weight is 360 g/mol. The van der Waals surface area contributed by atoms with Gasteiger partial charge in [0.2, 0.25) is 5.91 Å². The van der Waals surface area contributed by atoms with Gasteiger partial charge in [0, 0.05) is 15.7 Å². The Kier molecular flexibility index (Phi) is 4.18. The summed E-state index contributed by atoms with van der Waals surface area (Å²) >= 11 is 2.14. The topological polar surface area (TPSA) is 72.6 Å². The Morgan fingerprint density at radius 2 is 2.22 bits per heavy atom. The summed E-state index contributed by atoms with van der Waals surface area (Å²) in [6.45, 7) is 0.988. The Morgan fingerprint density at radius 3 is 2.89 bits per heavy atom. The number of carbonyl (C=O) groups excluding carboxylic acids is 2. The van der Waals surface area contributed by atoms with Crippen LogP contribution in [0, 0.1) is 3.57 Å². The molecule has 2 rings (SSSR count). The molecule has 96 valence electrons. The highest BCUT2D eigenvalue weighted by atomic mass is 127. The first-order chi connectivity index (χ1) is 8.59. The van der Waals surface area contributed by atoms with Crippen molar-refractivity contribution >= 4 is 34.4 Å². The van der Waals surface area contributed by atoms with Crippen LogP contribution >= 0.6 is 22.6 Å². The van der Waals surface area contributed by atoms with E-state index in [1.165, 1.54) is 4.90 Å². The highest BCUT2D eigenvalue weighted by molar-refractivity contribution is 14.1. The molecular weight excluding hydrogens is 347 g/mol. The maximum Gasteiger partial charge on any atom is 0.254 e. The minimum Gasteiger partial charge on any atom is -0.377 e. The summed E-state index contributed by atoms with van der Waals surface area (Å²) < 4.78 is 6.16. The number of ether oxygens (including phenoxy) is 1.